The van der Waals surface area contributed by atoms with Gasteiger partial charge in [-0.25, -0.2) is 10.5 Å². The fourth-order valence-electron chi connectivity index (χ4n) is 2.77. The number of phenolic OH excluding ortho intramolecular Hbond substituents is 4. The Morgan fingerprint density at radius 2 is 1.63 bits per heavy atom. The summed E-state index contributed by atoms with van der Waals surface area (Å²) in [5.74, 6) is -4.10. The second-order valence-electron chi connectivity index (χ2n) is 5.54. The topological polar surface area (TPSA) is 170 Å². The zero-order chi connectivity index (χ0) is 19.9. The number of benzene rings is 2. The molecule has 3 aromatic rings. The maximum Gasteiger partial charge on any atom is 0.256 e. The molecule has 6 N–H and O–H groups in total. The lowest BCUT2D eigenvalue weighted by molar-refractivity contribution is -0.139. The Bertz CT molecular complexity index is 1100. The van der Waals surface area contributed by atoms with E-state index in [1.54, 1.807) is 6.92 Å². The van der Waals surface area contributed by atoms with Crippen molar-refractivity contribution in [3.63, 3.8) is 0 Å². The predicted octanol–water partition coefficient (Wildman–Crippen LogP) is 2.55. The molecule has 1 aromatic heterocycles. The van der Waals surface area contributed by atoms with Crippen molar-refractivity contribution in [2.24, 2.45) is 0 Å². The average Bonchev–Trinajstić information content (AvgIpc) is 2.66. The first-order valence-corrected chi connectivity index (χ1v) is 7.58. The van der Waals surface area contributed by atoms with E-state index in [1.807, 2.05) is 0 Å². The number of aromatic hydroxyl groups is 4. The quantitative estimate of drug-likeness (QED) is 0.225. The molecule has 3 rings (SSSR count). The van der Waals surface area contributed by atoms with E-state index in [1.165, 1.54) is 6.07 Å². The van der Waals surface area contributed by atoms with Gasteiger partial charge >= 0.3 is 0 Å². The molecular formula is C17H14O10. The van der Waals surface area contributed by atoms with Crippen LogP contribution < -0.4 is 15.2 Å². The van der Waals surface area contributed by atoms with Gasteiger partial charge in [0.05, 0.1) is 0 Å². The molecule has 0 fully saturated rings. The van der Waals surface area contributed by atoms with Gasteiger partial charge in [0.2, 0.25) is 11.2 Å². The molecule has 10 nitrogen and oxygen atoms in total. The molecule has 0 saturated carbocycles. The number of rotatable bonds is 4. The van der Waals surface area contributed by atoms with Crippen LogP contribution in [0.4, 0.5) is 0 Å². The van der Waals surface area contributed by atoms with E-state index in [-0.39, 0.29) is 17.5 Å². The number of phenols is 4. The summed E-state index contributed by atoms with van der Waals surface area (Å²) in [6, 6.07) is 3.35. The highest BCUT2D eigenvalue weighted by Gasteiger charge is 2.28. The minimum Gasteiger partial charge on any atom is -0.504 e. The highest BCUT2D eigenvalue weighted by atomic mass is 17.1. The van der Waals surface area contributed by atoms with Crippen LogP contribution >= 0.6 is 0 Å². The second-order valence-corrected chi connectivity index (χ2v) is 5.54. The lowest BCUT2D eigenvalue weighted by Gasteiger charge is -2.14. The maximum absolute atomic E-state index is 12.8. The highest BCUT2D eigenvalue weighted by molar-refractivity contribution is 5.95. The minimum absolute atomic E-state index is 0.00160. The Hall–Kier alpha value is -3.63. The molecule has 0 amide bonds. The third-order valence-corrected chi connectivity index (χ3v) is 4.07. The van der Waals surface area contributed by atoms with E-state index in [4.69, 9.17) is 9.67 Å². The third-order valence-electron chi connectivity index (χ3n) is 4.07. The molecule has 0 aliphatic carbocycles. The predicted molar refractivity (Wildman–Crippen MR) is 90.5 cm³/mol. The largest absolute Gasteiger partial charge is 0.504 e. The van der Waals surface area contributed by atoms with E-state index in [2.05, 4.69) is 9.78 Å². The van der Waals surface area contributed by atoms with Crippen molar-refractivity contribution < 1.29 is 45.1 Å². The van der Waals surface area contributed by atoms with Gasteiger partial charge in [0.15, 0.2) is 34.3 Å². The van der Waals surface area contributed by atoms with Gasteiger partial charge in [-0.1, -0.05) is 6.92 Å². The Kier molecular flexibility index (Phi) is 4.44. The molecule has 0 radical (unpaired) electrons. The molecule has 1 heterocycles. The van der Waals surface area contributed by atoms with E-state index in [0.717, 1.165) is 12.1 Å². The summed E-state index contributed by atoms with van der Waals surface area (Å²) in [6.07, 6.45) is 0.0770. The second kappa shape index (κ2) is 6.59. The molecule has 0 bridgehead atoms. The van der Waals surface area contributed by atoms with Gasteiger partial charge in [-0.05, 0) is 24.6 Å². The van der Waals surface area contributed by atoms with Gasteiger partial charge in [0.25, 0.3) is 5.75 Å². The fraction of sp³-hybridized carbons (Fsp3) is 0.118. The van der Waals surface area contributed by atoms with Crippen molar-refractivity contribution in [1.29, 1.82) is 0 Å². The fourth-order valence-corrected chi connectivity index (χ4v) is 2.77. The van der Waals surface area contributed by atoms with Crippen molar-refractivity contribution in [1.82, 2.24) is 0 Å². The zero-order valence-electron chi connectivity index (χ0n) is 13.8. The Balaban J connectivity index is 2.50. The van der Waals surface area contributed by atoms with E-state index in [9.17, 15) is 30.5 Å². The molecule has 10 heteroatoms. The lowest BCUT2D eigenvalue weighted by atomic mass is 10.0. The van der Waals surface area contributed by atoms with E-state index in [0.29, 0.717) is 0 Å². The van der Waals surface area contributed by atoms with Gasteiger partial charge in [-0.2, -0.15) is 0 Å². The van der Waals surface area contributed by atoms with Gasteiger partial charge < -0.3 is 34.6 Å². The molecule has 2 aromatic carbocycles. The summed E-state index contributed by atoms with van der Waals surface area (Å²) in [6.45, 7) is 1.57. The SMILES string of the molecule is CCc1c(O)c(O)c2oc(-c3ccc(O)c(O)c3)c(OO)c(=O)c2c1OO. The van der Waals surface area contributed by atoms with Gasteiger partial charge in [0, 0.05) is 11.1 Å². The van der Waals surface area contributed by atoms with E-state index >= 15 is 0 Å². The van der Waals surface area contributed by atoms with Crippen LogP contribution in [-0.2, 0) is 6.42 Å². The number of hydrogen-bond donors (Lipinski definition) is 6. The van der Waals surface area contributed by atoms with Crippen LogP contribution in [0.2, 0.25) is 0 Å². The average molecular weight is 378 g/mol. The van der Waals surface area contributed by atoms with Crippen LogP contribution in [0.15, 0.2) is 27.4 Å². The minimum atomic E-state index is -1.03. The molecule has 142 valence electrons. The van der Waals surface area contributed by atoms with Crippen molar-refractivity contribution >= 4 is 11.0 Å². The smallest absolute Gasteiger partial charge is 0.256 e. The summed E-state index contributed by atoms with van der Waals surface area (Å²) in [4.78, 5) is 21.1. The standard InChI is InChI=1S/C17H14O10/c1-2-7-11(20)13(22)16-10(15(7)26-23)12(21)17(27-24)14(25-16)6-3-4-8(18)9(19)5-6/h3-5,18-20,22-24H,2H2,1H3. The Labute approximate surface area is 150 Å². The summed E-state index contributed by atoms with van der Waals surface area (Å²) in [7, 11) is 0. The summed E-state index contributed by atoms with van der Waals surface area (Å²) < 4.78 is 5.42. The van der Waals surface area contributed by atoms with Crippen molar-refractivity contribution in [2.75, 3.05) is 0 Å². The first kappa shape index (κ1) is 18.2. The van der Waals surface area contributed by atoms with Crippen LogP contribution in [0.5, 0.6) is 34.5 Å². The van der Waals surface area contributed by atoms with Crippen LogP contribution in [-0.4, -0.2) is 30.9 Å². The summed E-state index contributed by atoms with van der Waals surface area (Å²) in [5, 5.41) is 57.2. The normalized spacial score (nSPS) is 10.9. The monoisotopic (exact) mass is 378 g/mol. The Morgan fingerprint density at radius 3 is 2.19 bits per heavy atom. The zero-order valence-corrected chi connectivity index (χ0v) is 13.8. The molecule has 0 spiro atoms. The summed E-state index contributed by atoms with van der Waals surface area (Å²) >= 11 is 0. The van der Waals surface area contributed by atoms with Crippen LogP contribution in [0.3, 0.4) is 0 Å². The molecule has 0 unspecified atom stereocenters. The molecule has 0 aliphatic rings. The summed E-state index contributed by atoms with van der Waals surface area (Å²) in [5.41, 5.74) is -1.66. The van der Waals surface area contributed by atoms with Crippen molar-refractivity contribution in [3.05, 3.63) is 34.0 Å². The number of hydrogen-bond acceptors (Lipinski definition) is 10. The third kappa shape index (κ3) is 2.63. The van der Waals surface area contributed by atoms with Gasteiger partial charge in [-0.15, -0.1) is 0 Å². The van der Waals surface area contributed by atoms with E-state index < -0.39 is 56.7 Å². The van der Waals surface area contributed by atoms with Crippen LogP contribution in [0, 0.1) is 0 Å². The van der Waals surface area contributed by atoms with Crippen LogP contribution in [0.25, 0.3) is 22.3 Å². The molecule has 0 saturated heterocycles. The molecule has 0 atom stereocenters. The highest BCUT2D eigenvalue weighted by Crippen LogP contribution is 2.46. The van der Waals surface area contributed by atoms with Gasteiger partial charge in [0.1, 0.15) is 5.39 Å². The Morgan fingerprint density at radius 1 is 0.963 bits per heavy atom. The lowest BCUT2D eigenvalue weighted by Crippen LogP contribution is -2.10. The first-order valence-electron chi connectivity index (χ1n) is 7.58. The molecule has 27 heavy (non-hydrogen) atoms. The van der Waals surface area contributed by atoms with Crippen molar-refractivity contribution in [2.45, 2.75) is 13.3 Å². The maximum atomic E-state index is 12.8. The van der Waals surface area contributed by atoms with Gasteiger partial charge in [-0.3, -0.25) is 4.79 Å². The first-order chi connectivity index (χ1) is 12.8. The number of fused-ring (bicyclic) bond motifs is 1. The van der Waals surface area contributed by atoms with Crippen LogP contribution in [0.1, 0.15) is 12.5 Å². The molecule has 0 aliphatic heterocycles. The molecular weight excluding hydrogens is 364 g/mol. The van der Waals surface area contributed by atoms with Crippen molar-refractivity contribution in [3.8, 4) is 45.8 Å².